The van der Waals surface area contributed by atoms with Gasteiger partial charge in [0, 0.05) is 30.0 Å². The molecule has 0 saturated carbocycles. The van der Waals surface area contributed by atoms with Gasteiger partial charge < -0.3 is 15.7 Å². The van der Waals surface area contributed by atoms with Crippen molar-refractivity contribution in [3.8, 4) is 0 Å². The molecule has 3 N–H and O–H groups in total. The Hall–Kier alpha value is -2.23. The van der Waals surface area contributed by atoms with Crippen LogP contribution in [0, 0.1) is 0 Å². The third-order valence-electron chi connectivity index (χ3n) is 4.51. The summed E-state index contributed by atoms with van der Waals surface area (Å²) in [6.45, 7) is 1.95. The van der Waals surface area contributed by atoms with Crippen LogP contribution >= 0.6 is 15.9 Å². The van der Waals surface area contributed by atoms with E-state index in [9.17, 15) is 18.3 Å². The minimum Gasteiger partial charge on any atom is -0.388 e. The Bertz CT molecular complexity index is 1040. The lowest BCUT2D eigenvalue weighted by Gasteiger charge is -2.16. The zero-order valence-corrected chi connectivity index (χ0v) is 17.6. The van der Waals surface area contributed by atoms with Crippen LogP contribution in [0.3, 0.4) is 0 Å². The number of nitrogens with zero attached hydrogens (tertiary/aromatic N) is 2. The van der Waals surface area contributed by atoms with Gasteiger partial charge in [-0.15, -0.1) is 4.40 Å². The average Bonchev–Trinajstić information content (AvgIpc) is 3.04. The van der Waals surface area contributed by atoms with E-state index in [0.29, 0.717) is 28.7 Å². The van der Waals surface area contributed by atoms with E-state index < -0.39 is 16.1 Å². The van der Waals surface area contributed by atoms with Crippen molar-refractivity contribution in [1.29, 1.82) is 0 Å². The molecule has 0 radical (unpaired) electrons. The Morgan fingerprint density at radius 2 is 2.00 bits per heavy atom. The molecule has 1 aliphatic heterocycles. The number of fused-ring (bicyclic) bond motifs is 1. The first-order valence-electron chi connectivity index (χ1n) is 8.62. The van der Waals surface area contributed by atoms with E-state index in [1.165, 1.54) is 17.9 Å². The number of benzene rings is 2. The number of rotatable bonds is 5. The Morgan fingerprint density at radius 1 is 1.32 bits per heavy atom. The summed E-state index contributed by atoms with van der Waals surface area (Å²) in [7, 11) is -4.12. The van der Waals surface area contributed by atoms with Gasteiger partial charge >= 0.3 is 0 Å². The number of anilines is 1. The maximum atomic E-state index is 12.8. The third kappa shape index (κ3) is 4.26. The molecule has 0 fully saturated rings. The second-order valence-electron chi connectivity index (χ2n) is 6.52. The van der Waals surface area contributed by atoms with Gasteiger partial charge in [0.2, 0.25) is 5.91 Å². The van der Waals surface area contributed by atoms with Crippen LogP contribution in [0.25, 0.3) is 0 Å². The van der Waals surface area contributed by atoms with Crippen LogP contribution < -0.4 is 10.6 Å². The molecule has 1 atom stereocenters. The van der Waals surface area contributed by atoms with E-state index in [-0.39, 0.29) is 23.1 Å². The molecule has 9 heteroatoms. The summed E-state index contributed by atoms with van der Waals surface area (Å²) < 4.78 is 29.6. The molecular formula is C19H20BrN3O4S. The number of aliphatic hydroxyl groups excluding tert-OH is 1. The maximum absolute atomic E-state index is 12.8. The summed E-state index contributed by atoms with van der Waals surface area (Å²) in [5, 5.41) is 10.2. The monoisotopic (exact) mass is 465 g/mol. The number of carbonyl (C=O) groups excluding carboxylic acids is 1. The number of nitrogens with two attached hydrogens (primary N) is 1. The number of hydrogen-bond donors (Lipinski definition) is 2. The highest BCUT2D eigenvalue weighted by Gasteiger charge is 2.27. The zero-order chi connectivity index (χ0) is 20.5. The topological polar surface area (TPSA) is 113 Å². The van der Waals surface area contributed by atoms with Crippen LogP contribution in [0.1, 0.15) is 30.6 Å². The fourth-order valence-corrected chi connectivity index (χ4v) is 5.20. The van der Waals surface area contributed by atoms with Crippen molar-refractivity contribution in [1.82, 2.24) is 0 Å². The molecule has 0 bridgehead atoms. The second kappa shape index (κ2) is 8.02. The number of carbonyl (C=O) groups is 1. The van der Waals surface area contributed by atoms with E-state index >= 15 is 0 Å². The minimum atomic E-state index is -4.12. The summed E-state index contributed by atoms with van der Waals surface area (Å²) in [5.41, 5.74) is 7.87. The predicted molar refractivity (Wildman–Crippen MR) is 111 cm³/mol. The number of amides is 1. The van der Waals surface area contributed by atoms with Crippen LogP contribution in [-0.4, -0.2) is 31.8 Å². The first-order chi connectivity index (χ1) is 13.2. The number of amidine groups is 1. The van der Waals surface area contributed by atoms with Crippen LogP contribution in [-0.2, 0) is 21.2 Å². The zero-order valence-electron chi connectivity index (χ0n) is 15.2. The Morgan fingerprint density at radius 3 is 2.64 bits per heavy atom. The molecule has 1 heterocycles. The molecule has 28 heavy (non-hydrogen) atoms. The molecule has 0 saturated heterocycles. The van der Waals surface area contributed by atoms with E-state index in [0.717, 1.165) is 5.56 Å². The van der Waals surface area contributed by atoms with Crippen LogP contribution in [0.5, 0.6) is 0 Å². The van der Waals surface area contributed by atoms with Crippen molar-refractivity contribution in [2.45, 2.75) is 30.8 Å². The van der Waals surface area contributed by atoms with Crippen LogP contribution in [0.15, 0.2) is 56.2 Å². The van der Waals surface area contributed by atoms with E-state index in [1.54, 1.807) is 30.3 Å². The van der Waals surface area contributed by atoms with Gasteiger partial charge in [0.1, 0.15) is 10.7 Å². The Balaban J connectivity index is 1.89. The molecule has 148 valence electrons. The molecule has 0 aliphatic carbocycles. The standard InChI is InChI=1S/C19H20BrN3O4S/c1-12(24)23-8-7-14-9-15(20)18(10-16(14)23)28(26,27)22-19(21)11-17(25)13-5-3-2-4-6-13/h2-6,9-10,17,25H,7-8,11H2,1H3,(H2,21,22). The van der Waals surface area contributed by atoms with Gasteiger partial charge in [-0.05, 0) is 45.6 Å². The third-order valence-corrected chi connectivity index (χ3v) is 6.80. The first-order valence-corrected chi connectivity index (χ1v) is 10.8. The van der Waals surface area contributed by atoms with Crippen molar-refractivity contribution in [2.75, 3.05) is 11.4 Å². The summed E-state index contributed by atoms with van der Waals surface area (Å²) >= 11 is 3.28. The highest BCUT2D eigenvalue weighted by molar-refractivity contribution is 9.10. The van der Waals surface area contributed by atoms with Gasteiger partial charge in [0.15, 0.2) is 0 Å². The molecular weight excluding hydrogens is 446 g/mol. The summed E-state index contributed by atoms with van der Waals surface area (Å²) in [6, 6.07) is 11.9. The minimum absolute atomic E-state index is 0.0726. The molecule has 2 aromatic rings. The predicted octanol–water partition coefficient (Wildman–Crippen LogP) is 2.53. The fraction of sp³-hybridized carbons (Fsp3) is 0.263. The normalized spacial score (nSPS) is 15.4. The quantitative estimate of drug-likeness (QED) is 0.520. The number of aliphatic hydroxyl groups is 1. The van der Waals surface area contributed by atoms with Gasteiger partial charge in [-0.3, -0.25) is 4.79 Å². The van der Waals surface area contributed by atoms with Crippen LogP contribution in [0.2, 0.25) is 0 Å². The van der Waals surface area contributed by atoms with Crippen molar-refractivity contribution in [3.63, 3.8) is 0 Å². The lowest BCUT2D eigenvalue weighted by atomic mass is 10.1. The first kappa shape index (κ1) is 20.5. The van der Waals surface area contributed by atoms with Gasteiger partial charge in [-0.2, -0.15) is 8.42 Å². The summed E-state index contributed by atoms with van der Waals surface area (Å²) in [5.74, 6) is -0.356. The van der Waals surface area contributed by atoms with Gasteiger partial charge in [0.05, 0.1) is 6.10 Å². The lowest BCUT2D eigenvalue weighted by molar-refractivity contribution is -0.116. The highest BCUT2D eigenvalue weighted by Crippen LogP contribution is 2.36. The van der Waals surface area contributed by atoms with Gasteiger partial charge in [-0.25, -0.2) is 0 Å². The lowest BCUT2D eigenvalue weighted by Crippen LogP contribution is -2.26. The maximum Gasteiger partial charge on any atom is 0.285 e. The largest absolute Gasteiger partial charge is 0.388 e. The van der Waals surface area contributed by atoms with Gasteiger partial charge in [-0.1, -0.05) is 30.3 Å². The SMILES string of the molecule is CC(=O)N1CCc2cc(Br)c(S(=O)(=O)/N=C(\N)CC(O)c3ccccc3)cc21. The van der Waals surface area contributed by atoms with Crippen molar-refractivity contribution in [3.05, 3.63) is 58.1 Å². The molecule has 0 aromatic heterocycles. The number of hydrogen-bond acceptors (Lipinski definition) is 4. The highest BCUT2D eigenvalue weighted by atomic mass is 79.9. The fourth-order valence-electron chi connectivity index (χ4n) is 3.14. The Labute approximate surface area is 172 Å². The summed E-state index contributed by atoms with van der Waals surface area (Å²) in [4.78, 5) is 13.2. The van der Waals surface area contributed by atoms with Gasteiger partial charge in [0.25, 0.3) is 10.0 Å². The van der Waals surface area contributed by atoms with E-state index in [4.69, 9.17) is 5.73 Å². The van der Waals surface area contributed by atoms with Crippen molar-refractivity contribution >= 4 is 43.4 Å². The van der Waals surface area contributed by atoms with E-state index in [2.05, 4.69) is 20.3 Å². The molecule has 1 aliphatic rings. The number of sulfonamides is 1. The average molecular weight is 466 g/mol. The van der Waals surface area contributed by atoms with Crippen LogP contribution in [0.4, 0.5) is 5.69 Å². The van der Waals surface area contributed by atoms with Crippen molar-refractivity contribution < 1.29 is 18.3 Å². The molecule has 1 amide bonds. The molecule has 7 nitrogen and oxygen atoms in total. The second-order valence-corrected chi connectivity index (χ2v) is 8.95. The molecule has 0 spiro atoms. The smallest absolute Gasteiger partial charge is 0.285 e. The summed E-state index contributed by atoms with van der Waals surface area (Å²) in [6.07, 6.45) is -0.426. The molecule has 2 aromatic carbocycles. The van der Waals surface area contributed by atoms with E-state index in [1.807, 2.05) is 6.07 Å². The molecule has 3 rings (SSSR count). The number of halogens is 1. The van der Waals surface area contributed by atoms with Crippen molar-refractivity contribution in [2.24, 2.45) is 10.1 Å². The Kier molecular flexibility index (Phi) is 5.87. The molecule has 1 unspecified atom stereocenters.